The summed E-state index contributed by atoms with van der Waals surface area (Å²) in [6.45, 7) is 0. The topological polar surface area (TPSA) is 241 Å². The maximum absolute atomic E-state index is 12.8. The Morgan fingerprint density at radius 3 is 0.809 bits per heavy atom. The van der Waals surface area contributed by atoms with Gasteiger partial charge in [0, 0.05) is 98.5 Å². The Morgan fingerprint density at radius 2 is 0.567 bits per heavy atom. The van der Waals surface area contributed by atoms with Gasteiger partial charge < -0.3 is 20.7 Å². The molecule has 4 N–H and O–H groups in total. The minimum absolute atomic E-state index is 0. The van der Waals surface area contributed by atoms with Crippen molar-refractivity contribution < 1.29 is 49.6 Å². The molecular formula is C118H96BBrN10O6P4Pd. The fourth-order valence-corrected chi connectivity index (χ4v) is 24.4. The van der Waals surface area contributed by atoms with E-state index in [1.807, 2.05) is 24.3 Å². The van der Waals surface area contributed by atoms with Crippen LogP contribution in [0, 0.1) is 22.7 Å². The molecule has 0 bridgehead atoms. The van der Waals surface area contributed by atoms with E-state index in [2.05, 4.69) is 411 Å². The molecule has 23 heteroatoms. The second-order valence-electron chi connectivity index (χ2n) is 31.1. The van der Waals surface area contributed by atoms with Crippen molar-refractivity contribution in [3.8, 4) is 23.3 Å². The molecule has 2 amide bonds. The largest absolute Gasteiger partial charge is 0.488 e. The van der Waals surface area contributed by atoms with E-state index in [9.17, 15) is 19.2 Å². The maximum Gasteiger partial charge on any atom is 0.488 e. The first-order chi connectivity index (χ1) is 68.7. The third-order valence-corrected chi connectivity index (χ3v) is 32.2. The van der Waals surface area contributed by atoms with Gasteiger partial charge in [0.25, 0.3) is 11.8 Å². The van der Waals surface area contributed by atoms with E-state index in [4.69, 9.17) is 20.6 Å². The fraction of sp³-hybridized carbons (Fsp3) is 0.0339. The van der Waals surface area contributed by atoms with Crippen molar-refractivity contribution in [3.05, 3.63) is 547 Å². The van der Waals surface area contributed by atoms with Gasteiger partial charge in [0.2, 0.25) is 0 Å². The molecule has 0 atom stereocenters. The SMILES string of the molecule is CNC(=O)c1ccc(-c2cnn3ccc(C(=O)Cc4ccc(C#N)cn4)cc23)cc1.CNC(=O)c1ccc(B(O)O)cc1.N#Cc1ccc(CC(=O)c2ccn3ncc(Br)c3c2)nc1.[Pd].c1ccc(P(c2ccccc2)c2ccccc2)cc1.c1ccc(P(c2ccccc2)c2ccccc2)cc1.c1ccc(P(c2ccccc2)c2ccccc2)cc1.c1ccc(P(c2ccccc2)c2ccccc2)cc1. The molecule has 20 rings (SSSR count). The van der Waals surface area contributed by atoms with E-state index in [0.717, 1.165) is 26.6 Å². The first-order valence-electron chi connectivity index (χ1n) is 44.9. The standard InChI is InChI=1S/C23H17N5O2.4C18H15P.C15H9BrN4O.C8H10BNO3.Pd/c1-25-23(30)17-5-3-16(4-6-17)20-14-27-28-9-8-18(10-21(20)28)22(29)11-19-7-2-15(12-24)13-26-19;4*1-4-10-16(11-5-1)19(17-12-6-2-7-13-17)18-14-8-3-9-15-18;16-13-9-19-20-4-3-11(5-14(13)20)15(21)6-12-2-1-10(7-17)8-18-12;1-10-8(11)6-2-4-7(5-3-6)9(12)13;/h2-10,13-14H,11H2,1H3,(H,25,30);4*1-15H;1-5,8-9H,6H2;2-5,12-13H,1H3,(H,10,11);. The summed E-state index contributed by atoms with van der Waals surface area (Å²) in [6, 6.07) is 160. The van der Waals surface area contributed by atoms with Crippen LogP contribution in [0.25, 0.3) is 22.2 Å². The number of halogens is 1. The number of nitrogens with one attached hydrogen (secondary N) is 2. The monoisotopic (exact) mass is 2070 g/mol. The van der Waals surface area contributed by atoms with E-state index in [-0.39, 0.29) is 56.6 Å². The molecule has 16 nitrogen and oxygen atoms in total. The van der Waals surface area contributed by atoms with Gasteiger partial charge in [0.05, 0.1) is 51.9 Å². The van der Waals surface area contributed by atoms with Crippen molar-refractivity contribution in [1.29, 1.82) is 10.5 Å². The van der Waals surface area contributed by atoms with Crippen molar-refractivity contribution in [1.82, 2.24) is 39.8 Å². The van der Waals surface area contributed by atoms with Gasteiger partial charge in [-0.15, -0.1) is 0 Å². The minimum Gasteiger partial charge on any atom is -0.423 e. The van der Waals surface area contributed by atoms with Gasteiger partial charge in [-0.1, -0.05) is 388 Å². The van der Waals surface area contributed by atoms with E-state index < -0.39 is 38.8 Å². The van der Waals surface area contributed by atoms with Crippen LogP contribution in [0.4, 0.5) is 0 Å². The number of carbonyl (C=O) groups is 4. The predicted octanol–water partition coefficient (Wildman–Crippen LogP) is 18.3. The van der Waals surface area contributed by atoms with Crippen LogP contribution in [0.3, 0.4) is 0 Å². The Balaban J connectivity index is 0.000000140. The molecule has 0 saturated heterocycles. The summed E-state index contributed by atoms with van der Waals surface area (Å²) >= 11 is 3.40. The fourth-order valence-electron chi connectivity index (χ4n) is 14.8. The molecule has 0 spiro atoms. The summed E-state index contributed by atoms with van der Waals surface area (Å²) in [7, 11) is -0.142. The number of nitriles is 2. The summed E-state index contributed by atoms with van der Waals surface area (Å²) in [5.41, 5.74) is 8.18. The summed E-state index contributed by atoms with van der Waals surface area (Å²) in [5, 5.41) is 65.4. The summed E-state index contributed by atoms with van der Waals surface area (Å²) in [5.74, 6) is -0.440. The molecule has 14 aromatic carbocycles. The summed E-state index contributed by atoms with van der Waals surface area (Å²) in [6.07, 6.45) is 10.2. The van der Waals surface area contributed by atoms with Crippen LogP contribution in [-0.4, -0.2) is 83.8 Å². The number of nitrogens with zero attached hydrogens (tertiary/aromatic N) is 8. The molecule has 0 radical (unpaired) electrons. The molecule has 0 saturated carbocycles. The number of ketones is 2. The minimum atomic E-state index is -1.49. The third-order valence-electron chi connectivity index (χ3n) is 21.8. The molecule has 20 aromatic rings. The maximum atomic E-state index is 12.8. The van der Waals surface area contributed by atoms with Gasteiger partial charge in [0.15, 0.2) is 11.6 Å². The zero-order valence-electron chi connectivity index (χ0n) is 76.9. The van der Waals surface area contributed by atoms with Crippen molar-refractivity contribution in [2.45, 2.75) is 12.8 Å². The number of Topliss-reactive ketones (excluding diaryl/α,β-unsaturated/α-hetero) is 2. The number of carbonyl (C=O) groups excluding carboxylic acids is 4. The molecule has 141 heavy (non-hydrogen) atoms. The Labute approximate surface area is 849 Å². The summed E-state index contributed by atoms with van der Waals surface area (Å²) < 4.78 is 4.24. The molecule has 0 fully saturated rings. The average molecular weight is 2070 g/mol. The smallest absolute Gasteiger partial charge is 0.423 e. The quantitative estimate of drug-likeness (QED) is 0.0281. The van der Waals surface area contributed by atoms with Crippen molar-refractivity contribution in [2.24, 2.45) is 0 Å². The van der Waals surface area contributed by atoms with Crippen LogP contribution < -0.4 is 79.8 Å². The van der Waals surface area contributed by atoms with Crippen molar-refractivity contribution in [3.63, 3.8) is 0 Å². The molecule has 0 unspecified atom stereocenters. The van der Waals surface area contributed by atoms with Crippen LogP contribution in [0.15, 0.2) is 503 Å². The van der Waals surface area contributed by atoms with Crippen LogP contribution in [0.1, 0.15) is 63.9 Å². The van der Waals surface area contributed by atoms with Crippen molar-refractivity contribution >= 4 is 158 Å². The van der Waals surface area contributed by atoms with Crippen LogP contribution in [0.5, 0.6) is 0 Å². The first-order valence-corrected chi connectivity index (χ1v) is 51.1. The normalized spacial score (nSPS) is 10.4. The Hall–Kier alpha value is -15.1. The van der Waals surface area contributed by atoms with Crippen molar-refractivity contribution in [2.75, 3.05) is 14.1 Å². The average Bonchev–Trinajstić information content (AvgIpc) is 1.64. The molecule has 0 aliphatic carbocycles. The van der Waals surface area contributed by atoms with E-state index in [1.54, 1.807) is 102 Å². The number of aromatic nitrogens is 6. The molecule has 6 heterocycles. The number of hydrogen-bond acceptors (Lipinski definition) is 12. The molecular weight excluding hydrogens is 1970 g/mol. The van der Waals surface area contributed by atoms with E-state index in [0.29, 0.717) is 50.2 Å². The van der Waals surface area contributed by atoms with Crippen LogP contribution in [-0.2, 0) is 33.3 Å². The second kappa shape index (κ2) is 54.3. The number of pyridine rings is 4. The van der Waals surface area contributed by atoms with E-state index in [1.165, 1.54) is 107 Å². The van der Waals surface area contributed by atoms with Gasteiger partial charge in [0.1, 0.15) is 12.1 Å². The van der Waals surface area contributed by atoms with Crippen LogP contribution >= 0.6 is 47.6 Å². The second-order valence-corrected chi connectivity index (χ2v) is 40.9. The van der Waals surface area contributed by atoms with Gasteiger partial charge in [-0.25, -0.2) is 9.03 Å². The predicted molar refractivity (Wildman–Crippen MR) is 581 cm³/mol. The summed E-state index contributed by atoms with van der Waals surface area (Å²) in [4.78, 5) is 56.1. The molecule has 694 valence electrons. The van der Waals surface area contributed by atoms with E-state index >= 15 is 0 Å². The van der Waals surface area contributed by atoms with Gasteiger partial charge in [-0.05, 0) is 195 Å². The van der Waals surface area contributed by atoms with Gasteiger partial charge >= 0.3 is 7.12 Å². The number of fused-ring (bicyclic) bond motifs is 2. The molecule has 6 aromatic heterocycles. The molecule has 0 aliphatic heterocycles. The number of hydrogen-bond donors (Lipinski definition) is 4. The number of benzene rings is 14. The zero-order chi connectivity index (χ0) is 97.4. The Morgan fingerprint density at radius 1 is 0.319 bits per heavy atom. The first kappa shape index (κ1) is 103. The third kappa shape index (κ3) is 29.5. The van der Waals surface area contributed by atoms with Gasteiger partial charge in [-0.3, -0.25) is 29.1 Å². The Bertz CT molecular complexity index is 6540. The molecule has 0 aliphatic rings. The van der Waals surface area contributed by atoms with Gasteiger partial charge in [-0.2, -0.15) is 20.7 Å². The Kier molecular flexibility index (Phi) is 39.7. The van der Waals surface area contributed by atoms with Crippen LogP contribution in [0.2, 0.25) is 0 Å². The number of rotatable bonds is 22. The zero-order valence-corrected chi connectivity index (χ0v) is 83.6. The number of amides is 2.